The maximum Gasteiger partial charge on any atom is 0.137 e. The number of nitriles is 1. The molecule has 0 radical (unpaired) electrons. The number of benzene rings is 1. The van der Waals surface area contributed by atoms with Gasteiger partial charge in [-0.1, -0.05) is 0 Å². The molecule has 0 unspecified atom stereocenters. The highest BCUT2D eigenvalue weighted by Crippen LogP contribution is 2.32. The average Bonchev–Trinajstić information content (AvgIpc) is 2.75. The van der Waals surface area contributed by atoms with Crippen molar-refractivity contribution in [2.24, 2.45) is 0 Å². The first-order valence-electron chi connectivity index (χ1n) is 5.55. The van der Waals surface area contributed by atoms with Gasteiger partial charge < -0.3 is 4.74 Å². The third kappa shape index (κ3) is 2.92. The van der Waals surface area contributed by atoms with E-state index in [0.29, 0.717) is 11.3 Å². The first-order chi connectivity index (χ1) is 8.60. The molecule has 2 nitrogen and oxygen atoms in total. The number of nitrogens with zero attached hydrogens (tertiary/aromatic N) is 1. The summed E-state index contributed by atoms with van der Waals surface area (Å²) in [4.78, 5) is 1.13. The van der Waals surface area contributed by atoms with E-state index in [9.17, 15) is 5.26 Å². The van der Waals surface area contributed by atoms with Crippen LogP contribution in [-0.4, -0.2) is 6.10 Å². The molecule has 0 aliphatic rings. The number of hydrogen-bond donors (Lipinski definition) is 0. The second kappa shape index (κ2) is 5.55. The first kappa shape index (κ1) is 13.1. The van der Waals surface area contributed by atoms with Crippen LogP contribution in [0.1, 0.15) is 19.4 Å². The fourth-order valence-corrected chi connectivity index (χ4v) is 3.02. The van der Waals surface area contributed by atoms with Crippen LogP contribution >= 0.6 is 27.3 Å². The summed E-state index contributed by atoms with van der Waals surface area (Å²) in [5.41, 5.74) is 1.61. The van der Waals surface area contributed by atoms with Gasteiger partial charge in [0, 0.05) is 14.7 Å². The normalized spacial score (nSPS) is 10.4. The predicted octanol–water partition coefficient (Wildman–Crippen LogP) is 4.84. The van der Waals surface area contributed by atoms with Gasteiger partial charge in [-0.3, -0.25) is 0 Å². The van der Waals surface area contributed by atoms with Crippen molar-refractivity contribution in [2.45, 2.75) is 20.0 Å². The zero-order chi connectivity index (χ0) is 13.1. The van der Waals surface area contributed by atoms with Gasteiger partial charge in [0.05, 0.1) is 11.7 Å². The van der Waals surface area contributed by atoms with Gasteiger partial charge in [0.2, 0.25) is 0 Å². The Morgan fingerprint density at radius 1 is 1.33 bits per heavy atom. The molecule has 2 rings (SSSR count). The van der Waals surface area contributed by atoms with Crippen molar-refractivity contribution in [3.63, 3.8) is 0 Å². The van der Waals surface area contributed by atoms with Crippen LogP contribution in [0, 0.1) is 11.3 Å². The summed E-state index contributed by atoms with van der Waals surface area (Å²) in [6.07, 6.45) is 0.0684. The fourth-order valence-electron chi connectivity index (χ4n) is 1.59. The molecule has 0 aliphatic carbocycles. The maximum atomic E-state index is 9.17. The van der Waals surface area contributed by atoms with Gasteiger partial charge in [-0.25, -0.2) is 0 Å². The Balaban J connectivity index is 2.39. The molecule has 4 heteroatoms. The predicted molar refractivity (Wildman–Crippen MR) is 77.9 cm³/mol. The molecule has 0 aliphatic heterocycles. The molecule has 92 valence electrons. The van der Waals surface area contributed by atoms with Crippen LogP contribution in [0.2, 0.25) is 0 Å². The Morgan fingerprint density at radius 2 is 2.11 bits per heavy atom. The quantitative estimate of drug-likeness (QED) is 0.810. The highest BCUT2D eigenvalue weighted by Gasteiger charge is 2.09. The molecular weight excluding hydrogens is 310 g/mol. The third-order valence-electron chi connectivity index (χ3n) is 2.31. The summed E-state index contributed by atoms with van der Waals surface area (Å²) in [6, 6.07) is 9.95. The van der Waals surface area contributed by atoms with Crippen LogP contribution in [0.3, 0.4) is 0 Å². The molecule has 1 aromatic heterocycles. The molecule has 1 aromatic carbocycles. The first-order valence-corrected chi connectivity index (χ1v) is 7.22. The van der Waals surface area contributed by atoms with E-state index in [-0.39, 0.29) is 6.10 Å². The summed E-state index contributed by atoms with van der Waals surface area (Å²) in [5, 5.41) is 11.2. The van der Waals surface area contributed by atoms with Crippen LogP contribution in [0.5, 0.6) is 5.75 Å². The molecule has 0 fully saturated rings. The summed E-state index contributed by atoms with van der Waals surface area (Å²) < 4.78 is 6.66. The lowest BCUT2D eigenvalue weighted by atomic mass is 10.1. The van der Waals surface area contributed by atoms with Crippen molar-refractivity contribution >= 4 is 27.3 Å². The Hall–Kier alpha value is -1.31. The maximum absolute atomic E-state index is 9.17. The third-order valence-corrected chi connectivity index (χ3v) is 4.05. The lowest BCUT2D eigenvalue weighted by Crippen LogP contribution is -2.06. The lowest BCUT2D eigenvalue weighted by molar-refractivity contribution is 0.242. The number of ether oxygens (including phenoxy) is 1. The van der Waals surface area contributed by atoms with Gasteiger partial charge in [-0.2, -0.15) is 5.26 Å². The van der Waals surface area contributed by atoms with Crippen LogP contribution in [0.25, 0.3) is 10.4 Å². The van der Waals surface area contributed by atoms with Gasteiger partial charge >= 0.3 is 0 Å². The standard InChI is InChI=1S/C14H12BrNOS/c1-9(2)17-13-4-3-10(5-11(13)7-16)14-6-12(15)8-18-14/h3-6,8-9H,1-2H3. The van der Waals surface area contributed by atoms with Gasteiger partial charge in [-0.05, 0) is 59.6 Å². The molecule has 2 aromatic rings. The molecule has 0 spiro atoms. The molecule has 1 heterocycles. The molecular formula is C14H12BrNOS. The van der Waals surface area contributed by atoms with Crippen LogP contribution in [0.4, 0.5) is 0 Å². The average molecular weight is 322 g/mol. The minimum atomic E-state index is 0.0684. The van der Waals surface area contributed by atoms with E-state index in [2.05, 4.69) is 22.0 Å². The molecule has 0 N–H and O–H groups in total. The SMILES string of the molecule is CC(C)Oc1ccc(-c2cc(Br)cs2)cc1C#N. The Labute approximate surface area is 119 Å². The highest BCUT2D eigenvalue weighted by molar-refractivity contribution is 9.10. The Kier molecular flexibility index (Phi) is 4.05. The number of thiophene rings is 1. The van der Waals surface area contributed by atoms with E-state index in [4.69, 9.17) is 4.74 Å². The highest BCUT2D eigenvalue weighted by atomic mass is 79.9. The summed E-state index contributed by atoms with van der Waals surface area (Å²) in [7, 11) is 0. The van der Waals surface area contributed by atoms with Crippen molar-refractivity contribution < 1.29 is 4.74 Å². The fraction of sp³-hybridized carbons (Fsp3) is 0.214. The van der Waals surface area contributed by atoms with Gasteiger partial charge in [0.25, 0.3) is 0 Å². The summed E-state index contributed by atoms with van der Waals surface area (Å²) in [6.45, 7) is 3.90. The zero-order valence-electron chi connectivity index (χ0n) is 10.1. The van der Waals surface area contributed by atoms with Crippen LogP contribution < -0.4 is 4.74 Å². The van der Waals surface area contributed by atoms with E-state index < -0.39 is 0 Å². The van der Waals surface area contributed by atoms with Gasteiger partial charge in [0.1, 0.15) is 11.8 Å². The molecule has 0 saturated carbocycles. The lowest BCUT2D eigenvalue weighted by Gasteiger charge is -2.11. The summed E-state index contributed by atoms with van der Waals surface area (Å²) in [5.74, 6) is 0.645. The minimum absolute atomic E-state index is 0.0684. The largest absolute Gasteiger partial charge is 0.490 e. The monoisotopic (exact) mass is 321 g/mol. The van der Waals surface area contributed by atoms with Gasteiger partial charge in [0.15, 0.2) is 0 Å². The van der Waals surface area contributed by atoms with E-state index in [1.165, 1.54) is 0 Å². The number of hydrogen-bond acceptors (Lipinski definition) is 3. The number of halogens is 1. The molecule has 18 heavy (non-hydrogen) atoms. The van der Waals surface area contributed by atoms with Crippen molar-refractivity contribution in [3.05, 3.63) is 39.7 Å². The smallest absolute Gasteiger partial charge is 0.137 e. The van der Waals surface area contributed by atoms with E-state index in [1.807, 2.05) is 43.5 Å². The molecule has 0 amide bonds. The van der Waals surface area contributed by atoms with E-state index in [1.54, 1.807) is 11.3 Å². The number of rotatable bonds is 3. The van der Waals surface area contributed by atoms with Gasteiger partial charge in [-0.15, -0.1) is 11.3 Å². The second-order valence-electron chi connectivity index (χ2n) is 4.12. The topological polar surface area (TPSA) is 33.0 Å². The zero-order valence-corrected chi connectivity index (χ0v) is 12.5. The van der Waals surface area contributed by atoms with Crippen molar-refractivity contribution in [2.75, 3.05) is 0 Å². The van der Waals surface area contributed by atoms with Crippen molar-refractivity contribution in [1.29, 1.82) is 5.26 Å². The summed E-state index contributed by atoms with van der Waals surface area (Å²) >= 11 is 5.08. The Bertz CT molecular complexity index is 598. The molecule has 0 atom stereocenters. The van der Waals surface area contributed by atoms with Crippen molar-refractivity contribution in [3.8, 4) is 22.3 Å². The van der Waals surface area contributed by atoms with E-state index in [0.717, 1.165) is 14.9 Å². The van der Waals surface area contributed by atoms with Crippen LogP contribution in [-0.2, 0) is 0 Å². The van der Waals surface area contributed by atoms with Crippen molar-refractivity contribution in [1.82, 2.24) is 0 Å². The molecule has 0 bridgehead atoms. The molecule has 0 saturated heterocycles. The Morgan fingerprint density at radius 3 is 2.67 bits per heavy atom. The second-order valence-corrected chi connectivity index (χ2v) is 5.95. The minimum Gasteiger partial charge on any atom is -0.490 e. The van der Waals surface area contributed by atoms with Crippen LogP contribution in [0.15, 0.2) is 34.1 Å². The van der Waals surface area contributed by atoms with E-state index >= 15 is 0 Å².